The van der Waals surface area contributed by atoms with Gasteiger partial charge in [-0.05, 0) is 18.8 Å². The van der Waals surface area contributed by atoms with Gasteiger partial charge in [0.05, 0.1) is 11.5 Å². The normalized spacial score (nSPS) is 20.5. The molecule has 1 fully saturated rings. The molecule has 1 unspecified atom stereocenters. The van der Waals surface area contributed by atoms with Gasteiger partial charge in [0.15, 0.2) is 15.0 Å². The maximum atomic E-state index is 11.4. The average Bonchev–Trinajstić information content (AvgIpc) is 2.76. The van der Waals surface area contributed by atoms with Gasteiger partial charge >= 0.3 is 0 Å². The molecule has 2 rings (SSSR count). The Hall–Kier alpha value is -1.02. The van der Waals surface area contributed by atoms with E-state index in [0.717, 1.165) is 18.6 Å². The molecule has 8 heteroatoms. The lowest BCUT2D eigenvalue weighted by Gasteiger charge is -2.11. The molecule has 1 saturated heterocycles. The van der Waals surface area contributed by atoms with Gasteiger partial charge in [0.25, 0.3) is 0 Å². The molecular weight excluding hydrogens is 308 g/mol. The predicted octanol–water partition coefficient (Wildman–Crippen LogP) is 1.80. The van der Waals surface area contributed by atoms with Gasteiger partial charge in [-0.2, -0.15) is 0 Å². The minimum Gasteiger partial charge on any atom is -0.383 e. The van der Waals surface area contributed by atoms with Crippen LogP contribution in [0, 0.1) is 5.92 Å². The Bertz CT molecular complexity index is 578. The predicted molar refractivity (Wildman–Crippen MR) is 87.3 cm³/mol. The number of nitrogens with two attached hydrogens (primary N) is 1. The van der Waals surface area contributed by atoms with Gasteiger partial charge in [0.2, 0.25) is 0 Å². The molecule has 21 heavy (non-hydrogen) atoms. The minimum atomic E-state index is -2.83. The van der Waals surface area contributed by atoms with Crippen LogP contribution in [0.4, 0.5) is 11.6 Å². The van der Waals surface area contributed by atoms with E-state index in [1.165, 1.54) is 0 Å². The van der Waals surface area contributed by atoms with Crippen LogP contribution in [0.2, 0.25) is 0 Å². The second-order valence-corrected chi connectivity index (χ2v) is 8.60. The Morgan fingerprint density at radius 1 is 1.48 bits per heavy atom. The Morgan fingerprint density at radius 2 is 2.29 bits per heavy atom. The summed E-state index contributed by atoms with van der Waals surface area (Å²) in [7, 11) is -2.83. The Kier molecular flexibility index (Phi) is 5.69. The molecular formula is C13H22N4O2S2. The first-order valence-electron chi connectivity index (χ1n) is 7.20. The maximum absolute atomic E-state index is 11.4. The largest absolute Gasteiger partial charge is 0.383 e. The molecule has 0 bridgehead atoms. The fourth-order valence-electron chi connectivity index (χ4n) is 2.19. The quantitative estimate of drug-likeness (QED) is 0.447. The van der Waals surface area contributed by atoms with Crippen molar-refractivity contribution in [3.8, 4) is 0 Å². The average molecular weight is 330 g/mol. The lowest BCUT2D eigenvalue weighted by molar-refractivity contribution is 0.595. The van der Waals surface area contributed by atoms with E-state index in [4.69, 9.17) is 5.73 Å². The van der Waals surface area contributed by atoms with Crippen molar-refractivity contribution in [3.05, 3.63) is 6.07 Å². The number of sulfone groups is 1. The molecule has 1 aromatic heterocycles. The van der Waals surface area contributed by atoms with Crippen LogP contribution in [0.15, 0.2) is 11.2 Å². The summed E-state index contributed by atoms with van der Waals surface area (Å²) in [6, 6.07) is 1.69. The van der Waals surface area contributed by atoms with Crippen molar-refractivity contribution >= 4 is 33.2 Å². The summed E-state index contributed by atoms with van der Waals surface area (Å²) >= 11 is 1.59. The summed E-state index contributed by atoms with van der Waals surface area (Å²) in [6.07, 6.45) is 2.97. The van der Waals surface area contributed by atoms with Crippen LogP contribution in [0.25, 0.3) is 0 Å². The molecule has 0 amide bonds. The molecule has 0 saturated carbocycles. The van der Waals surface area contributed by atoms with E-state index >= 15 is 0 Å². The van der Waals surface area contributed by atoms with Gasteiger partial charge in [-0.15, -0.1) is 0 Å². The van der Waals surface area contributed by atoms with E-state index in [0.29, 0.717) is 35.5 Å². The number of nitrogens with one attached hydrogen (secondary N) is 1. The molecule has 118 valence electrons. The van der Waals surface area contributed by atoms with Crippen LogP contribution in [0.3, 0.4) is 0 Å². The summed E-state index contributed by atoms with van der Waals surface area (Å²) in [5.41, 5.74) is 5.79. The molecule has 1 atom stereocenters. The highest BCUT2D eigenvalue weighted by Crippen LogP contribution is 2.21. The van der Waals surface area contributed by atoms with Gasteiger partial charge in [-0.25, -0.2) is 18.4 Å². The van der Waals surface area contributed by atoms with Crippen LogP contribution in [0.5, 0.6) is 0 Å². The van der Waals surface area contributed by atoms with E-state index in [1.807, 2.05) is 0 Å². The number of aromatic nitrogens is 2. The van der Waals surface area contributed by atoms with Crippen molar-refractivity contribution in [1.29, 1.82) is 0 Å². The van der Waals surface area contributed by atoms with Gasteiger partial charge < -0.3 is 11.1 Å². The van der Waals surface area contributed by atoms with E-state index in [-0.39, 0.29) is 11.7 Å². The first-order chi connectivity index (χ1) is 9.98. The van der Waals surface area contributed by atoms with E-state index < -0.39 is 9.84 Å². The van der Waals surface area contributed by atoms with Gasteiger partial charge in [-0.1, -0.05) is 25.1 Å². The monoisotopic (exact) mass is 330 g/mol. The Morgan fingerprint density at radius 3 is 2.95 bits per heavy atom. The Balaban J connectivity index is 1.90. The number of thioether (sulfide) groups is 1. The van der Waals surface area contributed by atoms with Crippen molar-refractivity contribution in [2.75, 3.05) is 34.9 Å². The van der Waals surface area contributed by atoms with Gasteiger partial charge in [0.1, 0.15) is 11.6 Å². The molecule has 0 spiro atoms. The highest BCUT2D eigenvalue weighted by Gasteiger charge is 2.27. The van der Waals surface area contributed by atoms with Crippen molar-refractivity contribution in [3.63, 3.8) is 0 Å². The number of hydrogen-bond acceptors (Lipinski definition) is 7. The van der Waals surface area contributed by atoms with Crippen molar-refractivity contribution < 1.29 is 8.42 Å². The van der Waals surface area contributed by atoms with Crippen LogP contribution in [0.1, 0.15) is 26.2 Å². The van der Waals surface area contributed by atoms with E-state index in [2.05, 4.69) is 22.2 Å². The second-order valence-electron chi connectivity index (χ2n) is 5.31. The van der Waals surface area contributed by atoms with Crippen molar-refractivity contribution in [1.82, 2.24) is 9.97 Å². The standard InChI is InChI=1S/C13H22N4O2S2/c1-2-3-5-20-13-16-11(14)7-12(17-13)15-8-10-4-6-21(18,19)9-10/h7,10H,2-6,8-9H2,1H3,(H3,14,15,16,17). The van der Waals surface area contributed by atoms with Crippen molar-refractivity contribution in [2.24, 2.45) is 5.92 Å². The summed E-state index contributed by atoms with van der Waals surface area (Å²) in [6.45, 7) is 2.75. The fourth-order valence-corrected chi connectivity index (χ4v) is 5.00. The second kappa shape index (κ2) is 7.31. The lowest BCUT2D eigenvalue weighted by atomic mass is 10.1. The van der Waals surface area contributed by atoms with E-state index in [9.17, 15) is 8.42 Å². The zero-order chi connectivity index (χ0) is 15.3. The third-order valence-corrected chi connectivity index (χ3v) is 6.12. The zero-order valence-corrected chi connectivity index (χ0v) is 13.8. The molecule has 1 aliphatic rings. The molecule has 2 heterocycles. The van der Waals surface area contributed by atoms with Crippen LogP contribution < -0.4 is 11.1 Å². The molecule has 0 aromatic carbocycles. The number of hydrogen-bond donors (Lipinski definition) is 2. The first-order valence-corrected chi connectivity index (χ1v) is 10.0. The molecule has 0 radical (unpaired) electrons. The van der Waals surface area contributed by atoms with Gasteiger partial charge in [-0.3, -0.25) is 0 Å². The topological polar surface area (TPSA) is 98.0 Å². The van der Waals surface area contributed by atoms with E-state index in [1.54, 1.807) is 17.8 Å². The fraction of sp³-hybridized carbons (Fsp3) is 0.692. The first kappa shape index (κ1) is 16.4. The van der Waals surface area contributed by atoms with Gasteiger partial charge in [0, 0.05) is 18.4 Å². The smallest absolute Gasteiger partial charge is 0.191 e. The van der Waals surface area contributed by atoms with Crippen molar-refractivity contribution in [2.45, 2.75) is 31.3 Å². The zero-order valence-electron chi connectivity index (χ0n) is 12.2. The summed E-state index contributed by atoms with van der Waals surface area (Å²) in [5, 5.41) is 3.86. The molecule has 1 aliphatic heterocycles. The molecule has 0 aliphatic carbocycles. The molecule has 3 N–H and O–H groups in total. The van der Waals surface area contributed by atoms with Crippen LogP contribution in [-0.2, 0) is 9.84 Å². The number of nitrogen functional groups attached to an aromatic ring is 1. The third-order valence-electron chi connectivity index (χ3n) is 3.35. The van der Waals surface area contributed by atoms with Crippen LogP contribution >= 0.6 is 11.8 Å². The number of unbranched alkanes of at least 4 members (excludes halogenated alkanes) is 1. The number of anilines is 2. The summed E-state index contributed by atoms with van der Waals surface area (Å²) < 4.78 is 22.9. The molecule has 1 aromatic rings. The SMILES string of the molecule is CCCCSc1nc(N)cc(NCC2CCS(=O)(=O)C2)n1. The highest BCUT2D eigenvalue weighted by atomic mass is 32.2. The summed E-state index contributed by atoms with van der Waals surface area (Å²) in [4.78, 5) is 8.62. The Labute approximate surface area is 130 Å². The number of rotatable bonds is 7. The number of nitrogens with zero attached hydrogens (tertiary/aromatic N) is 2. The lowest BCUT2D eigenvalue weighted by Crippen LogP contribution is -2.16. The highest BCUT2D eigenvalue weighted by molar-refractivity contribution is 7.99. The van der Waals surface area contributed by atoms with Crippen LogP contribution in [-0.4, -0.2) is 42.2 Å². The molecule has 6 nitrogen and oxygen atoms in total. The maximum Gasteiger partial charge on any atom is 0.191 e. The minimum absolute atomic E-state index is 0.155. The summed E-state index contributed by atoms with van der Waals surface area (Å²) in [5.74, 6) is 2.79. The third kappa shape index (κ3) is 5.35.